The van der Waals surface area contributed by atoms with Crippen LogP contribution in [0.1, 0.15) is 43.5 Å². The highest BCUT2D eigenvalue weighted by Gasteiger charge is 2.17. The van der Waals surface area contributed by atoms with Gasteiger partial charge in [0.05, 0.1) is 10.9 Å². The van der Waals surface area contributed by atoms with Crippen molar-refractivity contribution in [1.82, 2.24) is 19.3 Å². The summed E-state index contributed by atoms with van der Waals surface area (Å²) in [5.74, 6) is -0.346. The van der Waals surface area contributed by atoms with Crippen molar-refractivity contribution < 1.29 is 9.53 Å². The molecule has 0 fully saturated rings. The highest BCUT2D eigenvalue weighted by Crippen LogP contribution is 2.11. The van der Waals surface area contributed by atoms with Crippen molar-refractivity contribution in [2.75, 3.05) is 19.8 Å². The molecule has 8 heteroatoms. The molecule has 0 aliphatic carbocycles. The maximum atomic E-state index is 13.1. The fourth-order valence-electron chi connectivity index (χ4n) is 3.22. The second kappa shape index (κ2) is 9.47. The first-order valence-electron chi connectivity index (χ1n) is 10.0. The number of pyridine rings is 2. The lowest BCUT2D eigenvalue weighted by atomic mass is 10.2. The second-order valence-corrected chi connectivity index (χ2v) is 6.80. The SMILES string of the molecule is CCCCNC(=O)c1cc2c(=O)n3ccccc3nc2n(CCCOCC)c1=N. The van der Waals surface area contributed by atoms with Gasteiger partial charge in [0.1, 0.15) is 16.8 Å². The van der Waals surface area contributed by atoms with E-state index in [1.165, 1.54) is 10.5 Å². The summed E-state index contributed by atoms with van der Waals surface area (Å²) in [7, 11) is 0. The third-order valence-electron chi connectivity index (χ3n) is 4.75. The summed E-state index contributed by atoms with van der Waals surface area (Å²) in [5, 5.41) is 11.8. The first kappa shape index (κ1) is 20.7. The van der Waals surface area contributed by atoms with E-state index >= 15 is 0 Å². The smallest absolute Gasteiger partial charge is 0.267 e. The molecule has 0 saturated heterocycles. The Morgan fingerprint density at radius 3 is 2.86 bits per heavy atom. The first-order chi connectivity index (χ1) is 14.1. The molecule has 2 N–H and O–H groups in total. The molecule has 1 amide bonds. The maximum absolute atomic E-state index is 13.1. The van der Waals surface area contributed by atoms with Gasteiger partial charge >= 0.3 is 0 Å². The van der Waals surface area contributed by atoms with Gasteiger partial charge in [-0.2, -0.15) is 0 Å². The van der Waals surface area contributed by atoms with Crippen molar-refractivity contribution in [1.29, 1.82) is 5.41 Å². The van der Waals surface area contributed by atoms with E-state index in [0.29, 0.717) is 49.4 Å². The molecule has 0 aliphatic heterocycles. The Kier molecular flexibility index (Phi) is 6.77. The summed E-state index contributed by atoms with van der Waals surface area (Å²) in [4.78, 5) is 30.4. The molecular formula is C21H27N5O3. The number of aromatic nitrogens is 3. The zero-order valence-electron chi connectivity index (χ0n) is 16.9. The predicted octanol–water partition coefficient (Wildman–Crippen LogP) is 2.09. The minimum absolute atomic E-state index is 0.0511. The molecule has 3 heterocycles. The molecule has 0 unspecified atom stereocenters. The lowest BCUT2D eigenvalue weighted by molar-refractivity contribution is 0.0950. The lowest BCUT2D eigenvalue weighted by Gasteiger charge is -2.14. The van der Waals surface area contributed by atoms with E-state index in [4.69, 9.17) is 10.1 Å². The summed E-state index contributed by atoms with van der Waals surface area (Å²) >= 11 is 0. The number of aryl methyl sites for hydroxylation is 1. The monoisotopic (exact) mass is 397 g/mol. The zero-order chi connectivity index (χ0) is 20.8. The van der Waals surface area contributed by atoms with Crippen molar-refractivity contribution in [3.05, 3.63) is 51.9 Å². The van der Waals surface area contributed by atoms with Crippen molar-refractivity contribution in [2.24, 2.45) is 0 Å². The first-order valence-corrected chi connectivity index (χ1v) is 10.0. The molecule has 8 nitrogen and oxygen atoms in total. The van der Waals surface area contributed by atoms with E-state index in [1.54, 1.807) is 22.9 Å². The number of ether oxygens (including phenoxy) is 1. The summed E-state index contributed by atoms with van der Waals surface area (Å²) in [5.41, 5.74) is 0.887. The minimum Gasteiger partial charge on any atom is -0.382 e. The molecule has 0 spiro atoms. The van der Waals surface area contributed by atoms with Gasteiger partial charge in [-0.1, -0.05) is 19.4 Å². The number of nitrogens with one attached hydrogen (secondary N) is 2. The minimum atomic E-state index is -0.346. The van der Waals surface area contributed by atoms with Crippen LogP contribution in [0.2, 0.25) is 0 Å². The van der Waals surface area contributed by atoms with Crippen molar-refractivity contribution in [3.63, 3.8) is 0 Å². The Labute approximate surface area is 168 Å². The molecule has 154 valence electrons. The van der Waals surface area contributed by atoms with Crippen molar-refractivity contribution in [3.8, 4) is 0 Å². The Morgan fingerprint density at radius 1 is 1.28 bits per heavy atom. The van der Waals surface area contributed by atoms with Crippen LogP contribution in [0.3, 0.4) is 0 Å². The van der Waals surface area contributed by atoms with E-state index in [1.807, 2.05) is 19.9 Å². The summed E-state index contributed by atoms with van der Waals surface area (Å²) in [6, 6.07) is 6.81. The standard InChI is InChI=1S/C21H27N5O3/c1-3-5-10-23-20(27)15-14-16-19(26(18(15)22)12-8-13-29-4-2)24-17-9-6-7-11-25(17)21(16)28/h6-7,9,11,14,22H,3-5,8,10,12-13H2,1-2H3,(H,23,27). The van der Waals surface area contributed by atoms with Crippen LogP contribution in [0.4, 0.5) is 0 Å². The molecule has 0 atom stereocenters. The van der Waals surface area contributed by atoms with Crippen LogP contribution in [-0.4, -0.2) is 39.6 Å². The van der Waals surface area contributed by atoms with E-state index in [9.17, 15) is 9.59 Å². The lowest BCUT2D eigenvalue weighted by Crippen LogP contribution is -2.35. The fraction of sp³-hybridized carbons (Fsp3) is 0.429. The molecule has 0 bridgehead atoms. The quantitative estimate of drug-likeness (QED) is 0.426. The molecule has 29 heavy (non-hydrogen) atoms. The molecule has 3 aromatic rings. The van der Waals surface area contributed by atoms with Crippen LogP contribution in [-0.2, 0) is 11.3 Å². The number of hydrogen-bond donors (Lipinski definition) is 2. The van der Waals surface area contributed by atoms with E-state index in [2.05, 4.69) is 10.3 Å². The topological polar surface area (TPSA) is 101 Å². The van der Waals surface area contributed by atoms with Gasteiger partial charge < -0.3 is 14.6 Å². The Morgan fingerprint density at radius 2 is 2.10 bits per heavy atom. The fourth-order valence-corrected chi connectivity index (χ4v) is 3.22. The van der Waals surface area contributed by atoms with Crippen LogP contribution in [0.25, 0.3) is 16.7 Å². The van der Waals surface area contributed by atoms with E-state index in [0.717, 1.165) is 12.8 Å². The number of rotatable bonds is 9. The molecule has 0 radical (unpaired) electrons. The second-order valence-electron chi connectivity index (χ2n) is 6.80. The van der Waals surface area contributed by atoms with Gasteiger partial charge in [0.25, 0.3) is 11.5 Å². The van der Waals surface area contributed by atoms with Crippen LogP contribution in [0.5, 0.6) is 0 Å². The highest BCUT2D eigenvalue weighted by atomic mass is 16.5. The van der Waals surface area contributed by atoms with Crippen molar-refractivity contribution >= 4 is 22.6 Å². The third kappa shape index (κ3) is 4.37. The van der Waals surface area contributed by atoms with Gasteiger partial charge in [-0.05, 0) is 38.0 Å². The zero-order valence-corrected chi connectivity index (χ0v) is 16.9. The molecule has 0 aliphatic rings. The Hall–Kier alpha value is -3.00. The third-order valence-corrected chi connectivity index (χ3v) is 4.75. The summed E-state index contributed by atoms with van der Waals surface area (Å²) in [6.45, 7) is 6.08. The molecule has 0 saturated carbocycles. The Balaban J connectivity index is 2.16. The summed E-state index contributed by atoms with van der Waals surface area (Å²) < 4.78 is 8.49. The van der Waals surface area contributed by atoms with Crippen LogP contribution >= 0.6 is 0 Å². The van der Waals surface area contributed by atoms with Gasteiger partial charge in [0.15, 0.2) is 0 Å². The highest BCUT2D eigenvalue weighted by molar-refractivity contribution is 5.96. The van der Waals surface area contributed by atoms with E-state index in [-0.39, 0.29) is 22.5 Å². The molecule has 0 aromatic carbocycles. The average molecular weight is 397 g/mol. The number of carbonyl (C=O) groups is 1. The number of amides is 1. The maximum Gasteiger partial charge on any atom is 0.267 e. The number of unbranched alkanes of at least 4 members (excludes halogenated alkanes) is 1. The molecule has 3 aromatic heterocycles. The number of fused-ring (bicyclic) bond motifs is 2. The van der Waals surface area contributed by atoms with Gasteiger partial charge in [0.2, 0.25) is 0 Å². The van der Waals surface area contributed by atoms with E-state index < -0.39 is 0 Å². The van der Waals surface area contributed by atoms with Gasteiger partial charge in [-0.25, -0.2) is 4.98 Å². The molecular weight excluding hydrogens is 370 g/mol. The van der Waals surface area contributed by atoms with Gasteiger partial charge in [-0.15, -0.1) is 0 Å². The summed E-state index contributed by atoms with van der Waals surface area (Å²) in [6.07, 6.45) is 4.12. The number of carbonyl (C=O) groups excluding carboxylic acids is 1. The van der Waals surface area contributed by atoms with Gasteiger partial charge in [-0.3, -0.25) is 19.4 Å². The normalized spacial score (nSPS) is 11.2. The van der Waals surface area contributed by atoms with Crippen molar-refractivity contribution in [2.45, 2.75) is 39.7 Å². The largest absolute Gasteiger partial charge is 0.382 e. The van der Waals surface area contributed by atoms with Crippen LogP contribution in [0, 0.1) is 5.41 Å². The molecule has 3 rings (SSSR count). The Bertz CT molecular complexity index is 1130. The number of hydrogen-bond acceptors (Lipinski definition) is 5. The number of nitrogens with zero attached hydrogens (tertiary/aromatic N) is 3. The van der Waals surface area contributed by atoms with Crippen LogP contribution in [0.15, 0.2) is 35.3 Å². The van der Waals surface area contributed by atoms with Crippen LogP contribution < -0.4 is 16.4 Å². The average Bonchev–Trinajstić information content (AvgIpc) is 2.72. The predicted molar refractivity (Wildman–Crippen MR) is 111 cm³/mol. The van der Waals surface area contributed by atoms with Gasteiger partial charge in [0, 0.05) is 32.5 Å².